The zero-order valence-corrected chi connectivity index (χ0v) is 13.8. The summed E-state index contributed by atoms with van der Waals surface area (Å²) in [6.45, 7) is 7.44. The predicted molar refractivity (Wildman–Crippen MR) is 85.2 cm³/mol. The summed E-state index contributed by atoms with van der Waals surface area (Å²) in [5, 5.41) is 18.5. The second kappa shape index (κ2) is 6.02. The van der Waals surface area contributed by atoms with E-state index < -0.39 is 0 Å². The maximum Gasteiger partial charge on any atom is 0.123 e. The lowest BCUT2D eigenvalue weighted by molar-refractivity contribution is 0.172. The minimum absolute atomic E-state index is 0.0744. The fourth-order valence-electron chi connectivity index (χ4n) is 2.99. The number of benzene rings is 1. The highest BCUT2D eigenvalue weighted by molar-refractivity contribution is 5.21. The Morgan fingerprint density at radius 3 is 2.57 bits per heavy atom. The monoisotopic (exact) mass is 318 g/mol. The summed E-state index contributed by atoms with van der Waals surface area (Å²) < 4.78 is 15.0. The first-order valence-electron chi connectivity index (χ1n) is 7.92. The van der Waals surface area contributed by atoms with Gasteiger partial charge in [-0.3, -0.25) is 4.90 Å². The fraction of sp³-hybridized carbons (Fsp3) is 0.529. The molecule has 1 aliphatic heterocycles. The third-order valence-corrected chi connectivity index (χ3v) is 4.23. The van der Waals surface area contributed by atoms with Crippen LogP contribution in [0, 0.1) is 5.82 Å². The minimum Gasteiger partial charge on any atom is -0.392 e. The van der Waals surface area contributed by atoms with Crippen LogP contribution in [0.3, 0.4) is 0 Å². The van der Waals surface area contributed by atoms with Crippen LogP contribution in [0.2, 0.25) is 0 Å². The molecule has 1 N–H and O–H groups in total. The van der Waals surface area contributed by atoms with E-state index >= 15 is 0 Å². The minimum atomic E-state index is -0.372. The van der Waals surface area contributed by atoms with E-state index in [2.05, 4.69) is 36.0 Å². The number of likely N-dealkylation sites (tertiary alicyclic amines) is 1. The van der Waals surface area contributed by atoms with Crippen LogP contribution in [0.1, 0.15) is 44.5 Å². The van der Waals surface area contributed by atoms with Gasteiger partial charge in [0.05, 0.1) is 23.5 Å². The van der Waals surface area contributed by atoms with Crippen molar-refractivity contribution in [1.29, 1.82) is 0 Å². The van der Waals surface area contributed by atoms with Crippen molar-refractivity contribution in [2.75, 3.05) is 6.54 Å². The van der Waals surface area contributed by atoms with E-state index in [1.807, 2.05) is 10.9 Å². The molecule has 0 unspecified atom stereocenters. The Morgan fingerprint density at radius 1 is 1.26 bits per heavy atom. The first-order chi connectivity index (χ1) is 10.8. The van der Waals surface area contributed by atoms with Gasteiger partial charge in [-0.15, -0.1) is 5.10 Å². The van der Waals surface area contributed by atoms with Crippen LogP contribution in [0.15, 0.2) is 30.5 Å². The van der Waals surface area contributed by atoms with E-state index in [0.29, 0.717) is 19.5 Å². The van der Waals surface area contributed by atoms with E-state index in [1.165, 1.54) is 12.1 Å². The number of β-amino-alcohol motifs (C(OH)–C–C–N with tert-alkyl or cyclic N) is 1. The molecule has 124 valence electrons. The molecule has 5 nitrogen and oxygen atoms in total. The number of aliphatic hydroxyl groups is 1. The second-order valence-electron chi connectivity index (χ2n) is 7.21. The molecule has 0 bridgehead atoms. The Morgan fingerprint density at radius 2 is 1.96 bits per heavy atom. The molecule has 0 radical (unpaired) electrons. The third kappa shape index (κ3) is 3.59. The molecule has 0 saturated carbocycles. The standard InChI is InChI=1S/C17H23FN4O/c1-17(2,3)22-10-14(19-20-22)9-21-11-15(23)8-16(21)12-4-6-13(18)7-5-12/h4-7,10,15-16,23H,8-9,11H2,1-3H3/t15-,16-/m0/s1. The molecule has 23 heavy (non-hydrogen) atoms. The number of rotatable bonds is 3. The summed E-state index contributed by atoms with van der Waals surface area (Å²) >= 11 is 0. The van der Waals surface area contributed by atoms with Crippen LogP contribution >= 0.6 is 0 Å². The quantitative estimate of drug-likeness (QED) is 0.944. The SMILES string of the molecule is CC(C)(C)n1cc(CN2C[C@@H](O)C[C@H]2c2ccc(F)cc2)nn1. The third-order valence-electron chi connectivity index (χ3n) is 4.23. The highest BCUT2D eigenvalue weighted by Crippen LogP contribution is 2.33. The zero-order chi connectivity index (χ0) is 16.6. The molecule has 1 saturated heterocycles. The Labute approximate surface area is 135 Å². The number of nitrogens with zero attached hydrogens (tertiary/aromatic N) is 4. The summed E-state index contributed by atoms with van der Waals surface area (Å²) in [6.07, 6.45) is 2.23. The van der Waals surface area contributed by atoms with Crippen LogP contribution in [-0.4, -0.2) is 37.6 Å². The summed E-state index contributed by atoms with van der Waals surface area (Å²) in [6, 6.07) is 6.58. The van der Waals surface area contributed by atoms with Gasteiger partial charge >= 0.3 is 0 Å². The summed E-state index contributed by atoms with van der Waals surface area (Å²) in [5.74, 6) is -0.244. The number of aliphatic hydroxyl groups excluding tert-OH is 1. The van der Waals surface area contributed by atoms with Gasteiger partial charge < -0.3 is 5.11 Å². The van der Waals surface area contributed by atoms with Crippen LogP contribution < -0.4 is 0 Å². The molecule has 1 fully saturated rings. The molecule has 1 aromatic heterocycles. The maximum absolute atomic E-state index is 13.1. The molecule has 0 spiro atoms. The molecule has 1 aromatic carbocycles. The van der Waals surface area contributed by atoms with Crippen molar-refractivity contribution in [3.63, 3.8) is 0 Å². The van der Waals surface area contributed by atoms with E-state index in [-0.39, 0.29) is 23.5 Å². The molecule has 0 amide bonds. The largest absolute Gasteiger partial charge is 0.392 e. The van der Waals surface area contributed by atoms with E-state index in [4.69, 9.17) is 0 Å². The molecule has 2 aromatic rings. The molecule has 6 heteroatoms. The fourth-order valence-corrected chi connectivity index (χ4v) is 2.99. The lowest BCUT2D eigenvalue weighted by Crippen LogP contribution is -2.25. The Bertz CT molecular complexity index is 662. The van der Waals surface area contributed by atoms with Gasteiger partial charge in [-0.2, -0.15) is 0 Å². The zero-order valence-electron chi connectivity index (χ0n) is 13.8. The highest BCUT2D eigenvalue weighted by atomic mass is 19.1. The lowest BCUT2D eigenvalue weighted by Gasteiger charge is -2.23. The van der Waals surface area contributed by atoms with Crippen molar-refractivity contribution in [3.05, 3.63) is 47.5 Å². The van der Waals surface area contributed by atoms with Gasteiger partial charge in [-0.25, -0.2) is 9.07 Å². The number of aromatic nitrogens is 3. The van der Waals surface area contributed by atoms with Gasteiger partial charge in [-0.05, 0) is 44.9 Å². The normalized spacial score (nSPS) is 22.7. The average molecular weight is 318 g/mol. The highest BCUT2D eigenvalue weighted by Gasteiger charge is 2.32. The van der Waals surface area contributed by atoms with Gasteiger partial charge in [0, 0.05) is 19.1 Å². The maximum atomic E-state index is 13.1. The van der Waals surface area contributed by atoms with Gasteiger partial charge in [0.15, 0.2) is 0 Å². The first-order valence-corrected chi connectivity index (χ1v) is 7.92. The second-order valence-corrected chi connectivity index (χ2v) is 7.21. The molecule has 0 aliphatic carbocycles. The first kappa shape index (κ1) is 16.1. The summed E-state index contributed by atoms with van der Waals surface area (Å²) in [7, 11) is 0. The van der Waals surface area contributed by atoms with Crippen molar-refractivity contribution in [2.45, 2.75) is 51.4 Å². The Balaban J connectivity index is 1.77. The summed E-state index contributed by atoms with van der Waals surface area (Å²) in [5.41, 5.74) is 1.79. The average Bonchev–Trinajstić information content (AvgIpc) is 3.07. The molecule has 2 atom stereocenters. The van der Waals surface area contributed by atoms with Crippen molar-refractivity contribution >= 4 is 0 Å². The van der Waals surface area contributed by atoms with Gasteiger partial charge in [0.1, 0.15) is 5.82 Å². The Hall–Kier alpha value is -1.79. The predicted octanol–water partition coefficient (Wildman–Crippen LogP) is 2.48. The van der Waals surface area contributed by atoms with Crippen molar-refractivity contribution in [1.82, 2.24) is 19.9 Å². The van der Waals surface area contributed by atoms with Gasteiger partial charge in [-0.1, -0.05) is 17.3 Å². The van der Waals surface area contributed by atoms with Crippen molar-refractivity contribution < 1.29 is 9.50 Å². The van der Waals surface area contributed by atoms with E-state index in [9.17, 15) is 9.50 Å². The summed E-state index contributed by atoms with van der Waals surface area (Å²) in [4.78, 5) is 2.18. The van der Waals surface area contributed by atoms with Gasteiger partial charge in [0.25, 0.3) is 0 Å². The molecule has 2 heterocycles. The number of halogens is 1. The lowest BCUT2D eigenvalue weighted by atomic mass is 10.0. The van der Waals surface area contributed by atoms with Crippen molar-refractivity contribution in [2.24, 2.45) is 0 Å². The molecular weight excluding hydrogens is 295 g/mol. The number of hydrogen-bond acceptors (Lipinski definition) is 4. The number of hydrogen-bond donors (Lipinski definition) is 1. The Kier molecular flexibility index (Phi) is 4.21. The van der Waals surface area contributed by atoms with Crippen LogP contribution in [0.4, 0.5) is 4.39 Å². The van der Waals surface area contributed by atoms with E-state index in [0.717, 1.165) is 11.3 Å². The topological polar surface area (TPSA) is 54.2 Å². The van der Waals surface area contributed by atoms with Crippen LogP contribution in [0.5, 0.6) is 0 Å². The van der Waals surface area contributed by atoms with Gasteiger partial charge in [0.2, 0.25) is 0 Å². The molecule has 1 aliphatic rings. The van der Waals surface area contributed by atoms with E-state index in [1.54, 1.807) is 12.1 Å². The molecule has 3 rings (SSSR count). The van der Waals surface area contributed by atoms with Crippen LogP contribution in [0.25, 0.3) is 0 Å². The van der Waals surface area contributed by atoms with Crippen molar-refractivity contribution in [3.8, 4) is 0 Å². The smallest absolute Gasteiger partial charge is 0.123 e. The van der Waals surface area contributed by atoms with Crippen LogP contribution in [-0.2, 0) is 12.1 Å². The molecular formula is C17H23FN4O.